The molecule has 0 saturated carbocycles. The first-order valence-electron chi connectivity index (χ1n) is 29.7. The van der Waals surface area contributed by atoms with Crippen molar-refractivity contribution in [3.8, 4) is 0 Å². The number of aliphatic hydroxyl groups excluding tert-OH is 2. The van der Waals surface area contributed by atoms with Gasteiger partial charge in [-0.2, -0.15) is 0 Å². The van der Waals surface area contributed by atoms with Crippen LogP contribution < -0.4 is 50.8 Å². The topological polar surface area (TPSA) is 512 Å². The molecule has 8 rings (SSSR count). The highest BCUT2D eigenvalue weighted by Gasteiger charge is 2.66. The number of fused-ring (bicyclic) bond motifs is 7. The Balaban J connectivity index is 1.17. The third-order valence-electron chi connectivity index (χ3n) is 19.8. The highest BCUT2D eigenvalue weighted by molar-refractivity contribution is 7.47. The van der Waals surface area contributed by atoms with Crippen LogP contribution in [0.3, 0.4) is 0 Å². The van der Waals surface area contributed by atoms with Crippen LogP contribution in [0.2, 0.25) is 0 Å². The van der Waals surface area contributed by atoms with Gasteiger partial charge in [-0.05, 0) is 70.6 Å². The molecular weight excluding hydrogens is 1180 g/mol. The number of hydrogen-bond donors (Lipinski definition) is 12. The molecule has 89 heavy (non-hydrogen) atoms. The molecule has 6 aliphatic heterocycles. The predicted octanol–water partition coefficient (Wildman–Crippen LogP) is 0.919. The number of aliphatic imine (C=N–C) groups is 3. The van der Waals surface area contributed by atoms with Crippen LogP contribution in [0.5, 0.6) is 0 Å². The monoisotopic (exact) mass is 1260 g/mol. The molecule has 15 atom stereocenters. The summed E-state index contributed by atoms with van der Waals surface area (Å²) in [7, 11) is -4.94. The molecule has 486 valence electrons. The first kappa shape index (κ1) is 67.6. The average molecular weight is 1260 g/mol. The van der Waals surface area contributed by atoms with Crippen molar-refractivity contribution in [2.24, 2.45) is 94.7 Å². The van der Waals surface area contributed by atoms with E-state index in [1.807, 2.05) is 61.5 Å². The summed E-state index contributed by atoms with van der Waals surface area (Å²) in [5.41, 5.74) is 40.4. The molecule has 0 aliphatic carbocycles. The lowest BCUT2D eigenvalue weighted by atomic mass is 9.55. The Morgan fingerprint density at radius 1 is 0.798 bits per heavy atom. The lowest BCUT2D eigenvalue weighted by molar-refractivity contribution is -0.124. The third-order valence-corrected chi connectivity index (χ3v) is 20.9. The summed E-state index contributed by atoms with van der Waals surface area (Å²) in [4.78, 5) is 133. The van der Waals surface area contributed by atoms with Crippen LogP contribution >= 0.6 is 7.82 Å². The second kappa shape index (κ2) is 25.1. The Labute approximate surface area is 514 Å². The number of phosphoric ester groups is 1. The van der Waals surface area contributed by atoms with Gasteiger partial charge in [0, 0.05) is 131 Å². The number of ether oxygens (including phenoxy) is 1. The van der Waals surface area contributed by atoms with Crippen molar-refractivity contribution in [2.45, 2.75) is 175 Å². The van der Waals surface area contributed by atoms with Gasteiger partial charge in [-0.15, -0.1) is 0 Å². The number of aromatic nitrogens is 4. The molecule has 2 aromatic heterocycles. The SMILES string of the molecule is C/C1=C2N=C(/C=C3\N/C(=C(/C)C4=N[C@@](C)([C@@H]5N=C1[C@](C)(CCC(=O)NC[C@@H](C)OP(=O)(O)OC[C@H]1O[C@H](n6cnc7c(N)ncnc76)[C@H](O)[C@@H]1O)[C@H]5CC(N)=O)[C@@](C)(CC(N)=O)[C@@H]4CCC(N)=O)[C@@](C)(CC(N)=O)[C@@H]3CCC(N)=O)C(C)(C)[C@@H]/2CCC(N)=O. The van der Waals surface area contributed by atoms with Crippen LogP contribution in [-0.4, -0.2) is 142 Å². The number of rotatable bonds is 26. The minimum Gasteiger partial charge on any atom is -0.387 e. The van der Waals surface area contributed by atoms with Gasteiger partial charge in [-0.1, -0.05) is 34.6 Å². The maximum Gasteiger partial charge on any atom is 0.472 e. The zero-order valence-corrected chi connectivity index (χ0v) is 52.5. The molecule has 1 unspecified atom stereocenters. The van der Waals surface area contributed by atoms with Crippen molar-refractivity contribution in [1.29, 1.82) is 0 Å². The molecule has 2 aromatic rings. The van der Waals surface area contributed by atoms with Crippen LogP contribution in [0.25, 0.3) is 11.2 Å². The van der Waals surface area contributed by atoms with Crippen LogP contribution in [0, 0.1) is 45.3 Å². The number of anilines is 1. The minimum absolute atomic E-state index is 0.0143. The number of primary amides is 6. The fourth-order valence-electron chi connectivity index (χ4n) is 14.9. The molecule has 0 aromatic carbocycles. The van der Waals surface area contributed by atoms with E-state index in [0.717, 1.165) is 0 Å². The molecule has 8 heterocycles. The molecule has 0 spiro atoms. The number of amides is 7. The van der Waals surface area contributed by atoms with E-state index in [1.165, 1.54) is 24.1 Å². The van der Waals surface area contributed by atoms with Crippen LogP contribution in [0.15, 0.2) is 61.9 Å². The van der Waals surface area contributed by atoms with E-state index >= 15 is 0 Å². The molecule has 2 saturated heterocycles. The Bertz CT molecular complexity index is 3490. The lowest BCUT2D eigenvalue weighted by Gasteiger charge is -2.48. The van der Waals surface area contributed by atoms with Gasteiger partial charge in [0.2, 0.25) is 41.4 Å². The van der Waals surface area contributed by atoms with E-state index in [0.29, 0.717) is 45.4 Å². The number of phosphoric acid groups is 1. The molecule has 7 amide bonds. The fourth-order valence-corrected chi connectivity index (χ4v) is 15.8. The Morgan fingerprint density at radius 2 is 1.42 bits per heavy atom. The van der Waals surface area contributed by atoms with Crippen molar-refractivity contribution in [1.82, 2.24) is 30.2 Å². The largest absolute Gasteiger partial charge is 0.472 e. The van der Waals surface area contributed by atoms with Crippen molar-refractivity contribution < 1.29 is 67.0 Å². The number of carbonyl (C=O) groups excluding carboxylic acids is 7. The van der Waals surface area contributed by atoms with Gasteiger partial charge in [0.1, 0.15) is 30.2 Å². The number of imidazole rings is 1. The summed E-state index contributed by atoms with van der Waals surface area (Å²) < 4.78 is 31.1. The standard InChI is InChI=1S/C58H85N16O14P/c1-26(88-89(84,85)86-23-34-46(82)47(83)53(87-34)74-25-69-45-51(65)67-24-68-52(45)74)22-66-42(81)16-17-55(6)32(18-39(62)78)50-58(9)57(8,21-41(64)80)31(12-15-38(61)77)44(73-58)28(3)49-56(7,20-40(63)79)29(10-13-36(59)75)33(70-49)19-35-54(4,5)30(11-14-37(60)76)43(71-35)27(2)48(55)72-50/h19,24-26,29-32,34,46-47,50,53,70,82-83H,10-18,20-23H2,1-9H3,(H2,59,75)(H2,60,76)(H2,61,77)(H2,62,78)(H2,63,79)(H2,64,80)(H,66,81)(H,84,85)(H2,65,67,68)/b33-19-,43-27-,49-28-/t26-,29-,30-,31-,32+,34-,46-,47-,50-,53+,55-,56+,57+,58+/m1/s1. The number of hydrogen-bond acceptors (Lipinski definition) is 21. The quantitative estimate of drug-likeness (QED) is 0.0583. The number of allylic oxidation sites excluding steroid dienone is 6. The Hall–Kier alpha value is -7.34. The zero-order chi connectivity index (χ0) is 65.8. The molecule has 19 N–H and O–H groups in total. The van der Waals surface area contributed by atoms with Gasteiger partial charge < -0.3 is 70.6 Å². The first-order valence-corrected chi connectivity index (χ1v) is 31.2. The average Bonchev–Trinajstić information content (AvgIpc) is 1.55. The van der Waals surface area contributed by atoms with Gasteiger partial charge >= 0.3 is 7.82 Å². The normalized spacial score (nSPS) is 34.4. The van der Waals surface area contributed by atoms with Gasteiger partial charge in [0.05, 0.1) is 30.6 Å². The highest BCUT2D eigenvalue weighted by atomic mass is 31.2. The van der Waals surface area contributed by atoms with Crippen molar-refractivity contribution >= 4 is 83.3 Å². The van der Waals surface area contributed by atoms with Crippen LogP contribution in [0.4, 0.5) is 5.82 Å². The number of carbonyl (C=O) groups is 7. The van der Waals surface area contributed by atoms with E-state index < -0.39 is 143 Å². The maximum absolute atomic E-state index is 14.3. The molecule has 8 bridgehead atoms. The second-order valence-electron chi connectivity index (χ2n) is 26.1. The van der Waals surface area contributed by atoms with E-state index in [1.54, 1.807) is 0 Å². The van der Waals surface area contributed by atoms with Crippen molar-refractivity contribution in [3.05, 3.63) is 47.0 Å². The molecule has 2 fully saturated rings. The highest BCUT2D eigenvalue weighted by Crippen LogP contribution is 2.62. The summed E-state index contributed by atoms with van der Waals surface area (Å²) in [5.74, 6) is -7.15. The fraction of sp³-hybridized carbons (Fsp3) is 0.638. The lowest BCUT2D eigenvalue weighted by Crippen LogP contribution is -2.56. The molecule has 0 radical (unpaired) electrons. The predicted molar refractivity (Wildman–Crippen MR) is 324 cm³/mol. The number of nitrogens with one attached hydrogen (secondary N) is 2. The number of nitrogens with zero attached hydrogens (tertiary/aromatic N) is 7. The van der Waals surface area contributed by atoms with Gasteiger partial charge in [0.15, 0.2) is 17.7 Å². The Morgan fingerprint density at radius 3 is 2.02 bits per heavy atom. The summed E-state index contributed by atoms with van der Waals surface area (Å²) in [5, 5.41) is 28.2. The number of nitrogen functional groups attached to an aromatic ring is 1. The smallest absolute Gasteiger partial charge is 0.387 e. The van der Waals surface area contributed by atoms with Crippen molar-refractivity contribution in [3.63, 3.8) is 0 Å². The van der Waals surface area contributed by atoms with E-state index in [-0.39, 0.29) is 94.2 Å². The van der Waals surface area contributed by atoms with Gasteiger partial charge in [-0.25, -0.2) is 19.5 Å². The number of aliphatic hydroxyl groups is 2. The second-order valence-corrected chi connectivity index (χ2v) is 27.5. The first-order chi connectivity index (χ1) is 41.4. The van der Waals surface area contributed by atoms with Gasteiger partial charge in [0.25, 0.3) is 0 Å². The summed E-state index contributed by atoms with van der Waals surface area (Å²) in [6.07, 6.45) is -3.46. The van der Waals surface area contributed by atoms with Crippen LogP contribution in [0.1, 0.15) is 139 Å². The molecule has 30 nitrogen and oxygen atoms in total. The zero-order valence-electron chi connectivity index (χ0n) is 51.6. The summed E-state index contributed by atoms with van der Waals surface area (Å²) in [6, 6.07) is -1.04. The van der Waals surface area contributed by atoms with E-state index in [9.17, 15) is 53.2 Å². The Kier molecular flexibility index (Phi) is 19.1. The molecule has 6 aliphatic rings. The molecular formula is C58H85N16O14P. The van der Waals surface area contributed by atoms with Crippen LogP contribution in [-0.2, 0) is 51.9 Å². The number of nitrogens with two attached hydrogens (primary N) is 7. The minimum atomic E-state index is -4.94. The summed E-state index contributed by atoms with van der Waals surface area (Å²) >= 11 is 0. The molecule has 31 heteroatoms. The summed E-state index contributed by atoms with van der Waals surface area (Å²) in [6.45, 7) is 15.3. The van der Waals surface area contributed by atoms with E-state index in [2.05, 4.69) is 25.6 Å². The van der Waals surface area contributed by atoms with E-state index in [4.69, 9.17) is 68.9 Å². The third kappa shape index (κ3) is 12.9. The van der Waals surface area contributed by atoms with Gasteiger partial charge in [-0.3, -0.25) is 62.2 Å². The maximum atomic E-state index is 14.3. The van der Waals surface area contributed by atoms with Crippen molar-refractivity contribution in [2.75, 3.05) is 18.9 Å².